The molecule has 0 heterocycles. The minimum atomic E-state index is -0.558. The van der Waals surface area contributed by atoms with Crippen molar-refractivity contribution in [3.63, 3.8) is 0 Å². The number of halogens is 2. The van der Waals surface area contributed by atoms with Crippen LogP contribution in [0.3, 0.4) is 0 Å². The second-order valence-corrected chi connectivity index (χ2v) is 8.30. The van der Waals surface area contributed by atoms with Gasteiger partial charge in [0.15, 0.2) is 6.10 Å². The average Bonchev–Trinajstić information content (AvgIpc) is 2.69. The quantitative estimate of drug-likeness (QED) is 0.445. The number of hydrogen-bond donors (Lipinski definition) is 1. The van der Waals surface area contributed by atoms with Crippen LogP contribution in [0.15, 0.2) is 60.7 Å². The summed E-state index contributed by atoms with van der Waals surface area (Å²) >= 11 is 13.8. The second kappa shape index (κ2) is 10.1. The molecule has 0 radical (unpaired) electrons. The Bertz CT molecular complexity index is 964. The Morgan fingerprint density at radius 2 is 1.86 bits per heavy atom. The molecular formula is C22H21Cl2NO2S. The van der Waals surface area contributed by atoms with Crippen molar-refractivity contribution in [2.45, 2.75) is 18.8 Å². The van der Waals surface area contributed by atoms with Crippen molar-refractivity contribution < 1.29 is 9.53 Å². The smallest absolute Gasteiger partial charge is 0.260 e. The van der Waals surface area contributed by atoms with Gasteiger partial charge in [0.05, 0.1) is 0 Å². The van der Waals surface area contributed by atoms with Crippen LogP contribution in [0.2, 0.25) is 10.0 Å². The summed E-state index contributed by atoms with van der Waals surface area (Å²) in [4.78, 5) is 12.3. The van der Waals surface area contributed by atoms with E-state index in [9.17, 15) is 4.79 Å². The van der Waals surface area contributed by atoms with Crippen molar-refractivity contribution in [1.82, 2.24) is 5.32 Å². The van der Waals surface area contributed by atoms with Crippen LogP contribution in [0.25, 0.3) is 10.8 Å². The lowest BCUT2D eigenvalue weighted by atomic mass is 10.1. The van der Waals surface area contributed by atoms with Crippen molar-refractivity contribution in [1.29, 1.82) is 0 Å². The molecule has 0 saturated carbocycles. The molecule has 0 saturated heterocycles. The zero-order valence-corrected chi connectivity index (χ0v) is 17.8. The zero-order chi connectivity index (χ0) is 19.9. The summed E-state index contributed by atoms with van der Waals surface area (Å²) in [6.45, 7) is 2.32. The van der Waals surface area contributed by atoms with Gasteiger partial charge < -0.3 is 10.1 Å². The van der Waals surface area contributed by atoms with E-state index in [0.717, 1.165) is 27.8 Å². The SMILES string of the molecule is CC(Oc1ccc2ccccc2c1)C(=O)NCCSCc1ccc(Cl)cc1Cl. The van der Waals surface area contributed by atoms with Crippen molar-refractivity contribution >= 4 is 51.6 Å². The second-order valence-electron chi connectivity index (χ2n) is 6.35. The monoisotopic (exact) mass is 433 g/mol. The third kappa shape index (κ3) is 5.81. The minimum Gasteiger partial charge on any atom is -0.481 e. The third-order valence-corrected chi connectivity index (χ3v) is 5.82. The molecule has 146 valence electrons. The van der Waals surface area contributed by atoms with E-state index >= 15 is 0 Å². The van der Waals surface area contributed by atoms with Gasteiger partial charge in [-0.2, -0.15) is 11.8 Å². The first-order valence-corrected chi connectivity index (χ1v) is 10.9. The summed E-state index contributed by atoms with van der Waals surface area (Å²) in [7, 11) is 0. The molecule has 0 aliphatic rings. The fourth-order valence-electron chi connectivity index (χ4n) is 2.71. The van der Waals surface area contributed by atoms with E-state index in [1.807, 2.05) is 54.6 Å². The van der Waals surface area contributed by atoms with Crippen LogP contribution in [-0.4, -0.2) is 24.3 Å². The molecule has 0 aromatic heterocycles. The van der Waals surface area contributed by atoms with Gasteiger partial charge in [-0.1, -0.05) is 59.6 Å². The Hall–Kier alpha value is -1.88. The van der Waals surface area contributed by atoms with E-state index in [4.69, 9.17) is 27.9 Å². The molecule has 0 bridgehead atoms. The van der Waals surface area contributed by atoms with Gasteiger partial charge in [0.2, 0.25) is 0 Å². The van der Waals surface area contributed by atoms with Gasteiger partial charge >= 0.3 is 0 Å². The number of thioether (sulfide) groups is 1. The van der Waals surface area contributed by atoms with Gasteiger partial charge in [0.1, 0.15) is 5.75 Å². The largest absolute Gasteiger partial charge is 0.481 e. The van der Waals surface area contributed by atoms with Crippen molar-refractivity contribution in [3.8, 4) is 5.75 Å². The maximum Gasteiger partial charge on any atom is 0.260 e. The molecule has 3 aromatic carbocycles. The van der Waals surface area contributed by atoms with Crippen molar-refractivity contribution in [2.75, 3.05) is 12.3 Å². The number of fused-ring (bicyclic) bond motifs is 1. The summed E-state index contributed by atoms with van der Waals surface area (Å²) in [6, 6.07) is 19.4. The van der Waals surface area contributed by atoms with E-state index < -0.39 is 6.10 Å². The molecule has 3 nitrogen and oxygen atoms in total. The molecule has 0 aliphatic heterocycles. The Balaban J connectivity index is 1.41. The number of hydrogen-bond acceptors (Lipinski definition) is 3. The summed E-state index contributed by atoms with van der Waals surface area (Å²) in [5.41, 5.74) is 1.04. The Labute approximate surface area is 179 Å². The highest BCUT2D eigenvalue weighted by atomic mass is 35.5. The fourth-order valence-corrected chi connectivity index (χ4v) is 4.13. The van der Waals surface area contributed by atoms with Gasteiger partial charge in [-0.3, -0.25) is 4.79 Å². The predicted octanol–water partition coefficient (Wildman–Crippen LogP) is 5.96. The average molecular weight is 434 g/mol. The van der Waals surface area contributed by atoms with Crippen LogP contribution >= 0.6 is 35.0 Å². The summed E-state index contributed by atoms with van der Waals surface area (Å²) in [5.74, 6) is 2.12. The van der Waals surface area contributed by atoms with Gasteiger partial charge in [0, 0.05) is 28.1 Å². The van der Waals surface area contributed by atoms with Gasteiger partial charge in [-0.15, -0.1) is 0 Å². The van der Waals surface area contributed by atoms with Crippen molar-refractivity contribution in [2.24, 2.45) is 0 Å². The van der Waals surface area contributed by atoms with E-state index in [2.05, 4.69) is 5.32 Å². The van der Waals surface area contributed by atoms with Crippen LogP contribution in [0.5, 0.6) is 5.75 Å². The highest BCUT2D eigenvalue weighted by molar-refractivity contribution is 7.98. The summed E-state index contributed by atoms with van der Waals surface area (Å²) in [6.07, 6.45) is -0.558. The molecule has 0 fully saturated rings. The first kappa shape index (κ1) is 20.8. The van der Waals surface area contributed by atoms with Gasteiger partial charge in [-0.25, -0.2) is 0 Å². The predicted molar refractivity (Wildman–Crippen MR) is 120 cm³/mol. The normalized spacial score (nSPS) is 12.0. The standard InChI is InChI=1S/C22H21Cl2NO2S/c1-15(27-20-9-7-16-4-2-3-5-17(16)12-20)22(26)25-10-11-28-14-18-6-8-19(23)13-21(18)24/h2-9,12-13,15H,10-11,14H2,1H3,(H,25,26). The lowest BCUT2D eigenvalue weighted by Gasteiger charge is -2.15. The van der Waals surface area contributed by atoms with Crippen LogP contribution in [-0.2, 0) is 10.5 Å². The fraction of sp³-hybridized carbons (Fsp3) is 0.227. The number of nitrogens with one attached hydrogen (secondary N) is 1. The number of carbonyl (C=O) groups is 1. The number of benzene rings is 3. The lowest BCUT2D eigenvalue weighted by molar-refractivity contribution is -0.127. The molecule has 3 rings (SSSR count). The Morgan fingerprint density at radius 1 is 1.07 bits per heavy atom. The third-order valence-electron chi connectivity index (χ3n) is 4.22. The van der Waals surface area contributed by atoms with Crippen LogP contribution < -0.4 is 10.1 Å². The number of rotatable bonds is 8. The molecule has 0 spiro atoms. The number of ether oxygens (including phenoxy) is 1. The molecule has 0 aliphatic carbocycles. The molecule has 1 N–H and O–H groups in total. The van der Waals surface area contributed by atoms with Crippen LogP contribution in [0.4, 0.5) is 0 Å². The van der Waals surface area contributed by atoms with E-state index in [1.54, 1.807) is 24.8 Å². The highest BCUT2D eigenvalue weighted by Gasteiger charge is 2.14. The highest BCUT2D eigenvalue weighted by Crippen LogP contribution is 2.24. The molecule has 1 unspecified atom stereocenters. The van der Waals surface area contributed by atoms with Gasteiger partial charge in [0.25, 0.3) is 5.91 Å². The van der Waals surface area contributed by atoms with E-state index in [-0.39, 0.29) is 5.91 Å². The van der Waals surface area contributed by atoms with E-state index in [0.29, 0.717) is 22.3 Å². The zero-order valence-electron chi connectivity index (χ0n) is 15.5. The summed E-state index contributed by atoms with van der Waals surface area (Å²) < 4.78 is 5.79. The Kier molecular flexibility index (Phi) is 7.49. The Morgan fingerprint density at radius 3 is 2.64 bits per heavy atom. The maximum atomic E-state index is 12.3. The number of carbonyl (C=O) groups excluding carboxylic acids is 1. The molecular weight excluding hydrogens is 413 g/mol. The minimum absolute atomic E-state index is 0.127. The molecule has 1 atom stereocenters. The molecule has 28 heavy (non-hydrogen) atoms. The molecule has 6 heteroatoms. The van der Waals surface area contributed by atoms with Gasteiger partial charge in [-0.05, 0) is 47.5 Å². The first-order valence-electron chi connectivity index (χ1n) is 8.98. The van der Waals surface area contributed by atoms with E-state index in [1.165, 1.54) is 0 Å². The maximum absolute atomic E-state index is 12.3. The van der Waals surface area contributed by atoms with Crippen LogP contribution in [0, 0.1) is 0 Å². The van der Waals surface area contributed by atoms with Crippen molar-refractivity contribution in [3.05, 3.63) is 76.3 Å². The summed E-state index contributed by atoms with van der Waals surface area (Å²) in [5, 5.41) is 6.44. The lowest BCUT2D eigenvalue weighted by Crippen LogP contribution is -2.37. The first-order chi connectivity index (χ1) is 13.5. The number of amides is 1. The van der Waals surface area contributed by atoms with Crippen LogP contribution in [0.1, 0.15) is 12.5 Å². The molecule has 3 aromatic rings. The topological polar surface area (TPSA) is 38.3 Å². The molecule has 1 amide bonds.